The third kappa shape index (κ3) is 5.56. The Balaban J connectivity index is 1.87. The summed E-state index contributed by atoms with van der Waals surface area (Å²) in [6, 6.07) is 7.81. The normalized spacial score (nSPS) is 17.8. The van der Waals surface area contributed by atoms with Crippen molar-refractivity contribution in [1.29, 1.82) is 0 Å². The minimum atomic E-state index is -0.311. The number of anilines is 1. The first-order valence-electron chi connectivity index (χ1n) is 8.19. The van der Waals surface area contributed by atoms with Crippen LogP contribution in [0.2, 0.25) is 0 Å². The number of carbonyl (C=O) groups is 1. The molecule has 1 aliphatic rings. The molecule has 1 amide bonds. The molecule has 6 heteroatoms. The minimum absolute atomic E-state index is 0.0620. The molecule has 1 aromatic carbocycles. The summed E-state index contributed by atoms with van der Waals surface area (Å²) in [6.45, 7) is 4.32. The highest BCUT2D eigenvalue weighted by Crippen LogP contribution is 2.16. The van der Waals surface area contributed by atoms with E-state index in [0.717, 1.165) is 43.0 Å². The molecule has 1 aromatic rings. The average molecular weight is 318 g/mol. The standard InChI is InChI=1S/C17H26N4O2/c1-3-9-19-17(18-2)20-12-13-6-4-7-14(11-13)21-16(22)15-8-5-10-23-15/h4,6-7,11,15H,3,5,8-10,12H2,1-2H3,(H,21,22)(H2,18,19,20). The van der Waals surface area contributed by atoms with E-state index in [9.17, 15) is 4.79 Å². The third-order valence-corrected chi connectivity index (χ3v) is 3.64. The lowest BCUT2D eigenvalue weighted by molar-refractivity contribution is -0.124. The topological polar surface area (TPSA) is 74.8 Å². The van der Waals surface area contributed by atoms with E-state index >= 15 is 0 Å². The summed E-state index contributed by atoms with van der Waals surface area (Å²) in [5, 5.41) is 9.41. The highest BCUT2D eigenvalue weighted by Gasteiger charge is 2.23. The summed E-state index contributed by atoms with van der Waals surface area (Å²) in [7, 11) is 1.75. The number of hydrogen-bond donors (Lipinski definition) is 3. The summed E-state index contributed by atoms with van der Waals surface area (Å²) in [4.78, 5) is 16.2. The van der Waals surface area contributed by atoms with Crippen molar-refractivity contribution in [1.82, 2.24) is 10.6 Å². The molecule has 1 unspecified atom stereocenters. The summed E-state index contributed by atoms with van der Waals surface area (Å²) < 4.78 is 5.40. The average Bonchev–Trinajstić information content (AvgIpc) is 3.10. The van der Waals surface area contributed by atoms with Gasteiger partial charge in [0.15, 0.2) is 5.96 Å². The van der Waals surface area contributed by atoms with Gasteiger partial charge in [0, 0.05) is 32.4 Å². The predicted molar refractivity (Wildman–Crippen MR) is 92.5 cm³/mol. The third-order valence-electron chi connectivity index (χ3n) is 3.64. The van der Waals surface area contributed by atoms with Gasteiger partial charge in [-0.05, 0) is 37.0 Å². The molecule has 0 saturated carbocycles. The van der Waals surface area contributed by atoms with Crippen LogP contribution in [0.4, 0.5) is 5.69 Å². The molecular weight excluding hydrogens is 292 g/mol. The van der Waals surface area contributed by atoms with Crippen molar-refractivity contribution >= 4 is 17.6 Å². The zero-order chi connectivity index (χ0) is 16.5. The molecule has 1 heterocycles. The summed E-state index contributed by atoms with van der Waals surface area (Å²) in [5.41, 5.74) is 1.87. The molecule has 126 valence electrons. The lowest BCUT2D eigenvalue weighted by Gasteiger charge is -2.13. The Hall–Kier alpha value is -2.08. The monoisotopic (exact) mass is 318 g/mol. The maximum atomic E-state index is 12.1. The molecule has 1 fully saturated rings. The van der Waals surface area contributed by atoms with Gasteiger partial charge >= 0.3 is 0 Å². The summed E-state index contributed by atoms with van der Waals surface area (Å²) >= 11 is 0. The van der Waals surface area contributed by atoms with E-state index in [1.807, 2.05) is 24.3 Å². The molecular formula is C17H26N4O2. The Morgan fingerprint density at radius 3 is 2.96 bits per heavy atom. The lowest BCUT2D eigenvalue weighted by atomic mass is 10.2. The van der Waals surface area contributed by atoms with Gasteiger partial charge in [-0.1, -0.05) is 19.1 Å². The maximum absolute atomic E-state index is 12.1. The highest BCUT2D eigenvalue weighted by molar-refractivity contribution is 5.94. The molecule has 0 aromatic heterocycles. The molecule has 0 bridgehead atoms. The van der Waals surface area contributed by atoms with Crippen molar-refractivity contribution in [2.75, 3.05) is 25.5 Å². The number of hydrogen-bond acceptors (Lipinski definition) is 3. The fraction of sp³-hybridized carbons (Fsp3) is 0.529. The Morgan fingerprint density at radius 2 is 2.26 bits per heavy atom. The van der Waals surface area contributed by atoms with Crippen LogP contribution in [0.3, 0.4) is 0 Å². The number of nitrogens with zero attached hydrogens (tertiary/aromatic N) is 1. The second kappa shape index (κ2) is 9.15. The Labute approximate surface area is 137 Å². The number of benzene rings is 1. The van der Waals surface area contributed by atoms with E-state index in [1.165, 1.54) is 0 Å². The van der Waals surface area contributed by atoms with Crippen LogP contribution < -0.4 is 16.0 Å². The number of ether oxygens (including phenoxy) is 1. The van der Waals surface area contributed by atoms with Crippen molar-refractivity contribution in [3.63, 3.8) is 0 Å². The van der Waals surface area contributed by atoms with Crippen molar-refractivity contribution < 1.29 is 9.53 Å². The molecule has 1 aliphatic heterocycles. The van der Waals surface area contributed by atoms with E-state index in [-0.39, 0.29) is 12.0 Å². The number of guanidine groups is 1. The molecule has 6 nitrogen and oxygen atoms in total. The molecule has 0 radical (unpaired) electrons. The van der Waals surface area contributed by atoms with Crippen LogP contribution in [-0.4, -0.2) is 38.2 Å². The van der Waals surface area contributed by atoms with Gasteiger partial charge in [-0.15, -0.1) is 0 Å². The first-order valence-corrected chi connectivity index (χ1v) is 8.19. The molecule has 2 rings (SSSR count). The number of rotatable bonds is 6. The first-order chi connectivity index (χ1) is 11.2. The Bertz CT molecular complexity index is 539. The van der Waals surface area contributed by atoms with Gasteiger partial charge in [0.1, 0.15) is 6.10 Å². The zero-order valence-electron chi connectivity index (χ0n) is 13.9. The Kier molecular flexibility index (Phi) is 6.87. The number of carbonyl (C=O) groups excluding carboxylic acids is 1. The maximum Gasteiger partial charge on any atom is 0.253 e. The first kappa shape index (κ1) is 17.3. The SMILES string of the molecule is CCCNC(=NC)NCc1cccc(NC(=O)C2CCCO2)c1. The molecule has 3 N–H and O–H groups in total. The van der Waals surface area contributed by atoms with Crippen molar-refractivity contribution in [3.05, 3.63) is 29.8 Å². The quantitative estimate of drug-likeness (QED) is 0.553. The summed E-state index contributed by atoms with van der Waals surface area (Å²) in [6.07, 6.45) is 2.48. The van der Waals surface area contributed by atoms with Crippen LogP contribution in [0, 0.1) is 0 Å². The van der Waals surface area contributed by atoms with Crippen LogP contribution in [0.25, 0.3) is 0 Å². The van der Waals surface area contributed by atoms with Crippen LogP contribution in [0.15, 0.2) is 29.3 Å². The van der Waals surface area contributed by atoms with Gasteiger partial charge in [0.2, 0.25) is 0 Å². The predicted octanol–water partition coefficient (Wildman–Crippen LogP) is 1.88. The van der Waals surface area contributed by atoms with E-state index < -0.39 is 0 Å². The van der Waals surface area contributed by atoms with Gasteiger partial charge in [-0.25, -0.2) is 0 Å². The van der Waals surface area contributed by atoms with E-state index in [1.54, 1.807) is 7.05 Å². The smallest absolute Gasteiger partial charge is 0.253 e. The van der Waals surface area contributed by atoms with E-state index in [4.69, 9.17) is 4.74 Å². The van der Waals surface area contributed by atoms with Crippen molar-refractivity contribution in [2.24, 2.45) is 4.99 Å². The van der Waals surface area contributed by atoms with Crippen LogP contribution >= 0.6 is 0 Å². The fourth-order valence-corrected chi connectivity index (χ4v) is 2.42. The highest BCUT2D eigenvalue weighted by atomic mass is 16.5. The van der Waals surface area contributed by atoms with Crippen molar-refractivity contribution in [2.45, 2.75) is 38.8 Å². The van der Waals surface area contributed by atoms with Gasteiger partial charge in [0.05, 0.1) is 0 Å². The van der Waals surface area contributed by atoms with Crippen LogP contribution in [0.1, 0.15) is 31.7 Å². The van der Waals surface area contributed by atoms with Gasteiger partial charge in [0.25, 0.3) is 5.91 Å². The number of amides is 1. The zero-order valence-corrected chi connectivity index (χ0v) is 13.9. The van der Waals surface area contributed by atoms with Gasteiger partial charge in [-0.2, -0.15) is 0 Å². The second-order valence-corrected chi connectivity index (χ2v) is 5.54. The van der Waals surface area contributed by atoms with Crippen LogP contribution in [0.5, 0.6) is 0 Å². The minimum Gasteiger partial charge on any atom is -0.368 e. The Morgan fingerprint density at radius 1 is 1.39 bits per heavy atom. The second-order valence-electron chi connectivity index (χ2n) is 5.54. The lowest BCUT2D eigenvalue weighted by Crippen LogP contribution is -2.37. The summed E-state index contributed by atoms with van der Waals surface area (Å²) in [5.74, 6) is 0.716. The van der Waals surface area contributed by atoms with Gasteiger partial charge < -0.3 is 20.7 Å². The number of nitrogens with one attached hydrogen (secondary N) is 3. The van der Waals surface area contributed by atoms with Crippen molar-refractivity contribution in [3.8, 4) is 0 Å². The van der Waals surface area contributed by atoms with E-state index in [2.05, 4.69) is 27.9 Å². The van der Waals surface area contributed by atoms with Gasteiger partial charge in [-0.3, -0.25) is 9.79 Å². The fourth-order valence-electron chi connectivity index (χ4n) is 2.42. The number of aliphatic imine (C=N–C) groups is 1. The van der Waals surface area contributed by atoms with Crippen LogP contribution in [-0.2, 0) is 16.1 Å². The molecule has 0 spiro atoms. The molecule has 1 saturated heterocycles. The molecule has 1 atom stereocenters. The van der Waals surface area contributed by atoms with E-state index in [0.29, 0.717) is 13.2 Å². The molecule has 23 heavy (non-hydrogen) atoms. The molecule has 0 aliphatic carbocycles. The largest absolute Gasteiger partial charge is 0.368 e.